The van der Waals surface area contributed by atoms with Crippen molar-refractivity contribution in [2.45, 2.75) is 25.3 Å². The first-order valence-electron chi connectivity index (χ1n) is 4.89. The summed E-state index contributed by atoms with van der Waals surface area (Å²) in [6.45, 7) is 2.27. The van der Waals surface area contributed by atoms with E-state index < -0.39 is 0 Å². The summed E-state index contributed by atoms with van der Waals surface area (Å²) in [5.41, 5.74) is 1.44. The Morgan fingerprint density at radius 3 is 2.93 bits per heavy atom. The quantitative estimate of drug-likeness (QED) is 0.812. The lowest BCUT2D eigenvalue weighted by atomic mass is 10.2. The highest BCUT2D eigenvalue weighted by Gasteiger charge is 2.37. The van der Waals surface area contributed by atoms with E-state index in [2.05, 4.69) is 34.8 Å². The van der Waals surface area contributed by atoms with E-state index in [-0.39, 0.29) is 0 Å². The van der Waals surface area contributed by atoms with Crippen molar-refractivity contribution in [2.24, 2.45) is 0 Å². The van der Waals surface area contributed by atoms with E-state index in [0.29, 0.717) is 5.54 Å². The second-order valence-corrected chi connectivity index (χ2v) is 4.99. The maximum absolute atomic E-state index is 4.41. The number of rotatable bonds is 2. The van der Waals surface area contributed by atoms with Crippen molar-refractivity contribution < 1.29 is 0 Å². The smallest absolute Gasteiger partial charge is 0.117 e. The Hall–Kier alpha value is -1.09. The van der Waals surface area contributed by atoms with Gasteiger partial charge in [-0.3, -0.25) is 0 Å². The molecule has 1 fully saturated rings. The topological polar surface area (TPSA) is 24.9 Å². The van der Waals surface area contributed by atoms with Crippen LogP contribution >= 0.6 is 11.5 Å². The fourth-order valence-corrected chi connectivity index (χ4v) is 2.48. The molecule has 0 amide bonds. The summed E-state index contributed by atoms with van der Waals surface area (Å²) in [7, 11) is 0. The molecule has 0 atom stereocenters. The molecule has 1 aliphatic rings. The number of hydrogen-bond donors (Lipinski definition) is 1. The van der Waals surface area contributed by atoms with Crippen LogP contribution in [0, 0.1) is 0 Å². The minimum Gasteiger partial charge on any atom is -0.370 e. The number of benzene rings is 1. The lowest BCUT2D eigenvalue weighted by Crippen LogP contribution is -2.14. The SMILES string of the molecule is CC1(Nc2snc3ccccc23)CC1. The van der Waals surface area contributed by atoms with Gasteiger partial charge in [0.1, 0.15) is 5.00 Å². The summed E-state index contributed by atoms with van der Waals surface area (Å²) in [6.07, 6.45) is 2.55. The molecule has 1 aliphatic carbocycles. The molecule has 1 aromatic carbocycles. The summed E-state index contributed by atoms with van der Waals surface area (Å²) < 4.78 is 4.41. The predicted octanol–water partition coefficient (Wildman–Crippen LogP) is 3.26. The van der Waals surface area contributed by atoms with Gasteiger partial charge in [-0.1, -0.05) is 12.1 Å². The molecule has 3 rings (SSSR count). The third-order valence-corrected chi connectivity index (χ3v) is 3.59. The van der Waals surface area contributed by atoms with Gasteiger partial charge in [-0.25, -0.2) is 0 Å². The van der Waals surface area contributed by atoms with Crippen LogP contribution in [0.4, 0.5) is 5.00 Å². The van der Waals surface area contributed by atoms with Crippen molar-refractivity contribution in [2.75, 3.05) is 5.32 Å². The van der Waals surface area contributed by atoms with Crippen LogP contribution in [0.2, 0.25) is 0 Å². The number of anilines is 1. The highest BCUT2D eigenvalue weighted by Crippen LogP contribution is 2.41. The van der Waals surface area contributed by atoms with Crippen molar-refractivity contribution in [3.63, 3.8) is 0 Å². The minimum absolute atomic E-state index is 0.343. The van der Waals surface area contributed by atoms with E-state index in [4.69, 9.17) is 0 Å². The zero-order valence-electron chi connectivity index (χ0n) is 8.08. The average molecular weight is 204 g/mol. The van der Waals surface area contributed by atoms with E-state index >= 15 is 0 Å². The molecule has 0 bridgehead atoms. The van der Waals surface area contributed by atoms with Crippen molar-refractivity contribution in [1.29, 1.82) is 0 Å². The maximum Gasteiger partial charge on any atom is 0.117 e. The van der Waals surface area contributed by atoms with Gasteiger partial charge in [-0.05, 0) is 43.4 Å². The van der Waals surface area contributed by atoms with E-state index in [1.807, 2.05) is 6.07 Å². The highest BCUT2D eigenvalue weighted by molar-refractivity contribution is 7.11. The van der Waals surface area contributed by atoms with Gasteiger partial charge in [0.15, 0.2) is 0 Å². The molecule has 2 aromatic rings. The van der Waals surface area contributed by atoms with Gasteiger partial charge < -0.3 is 5.32 Å². The minimum atomic E-state index is 0.343. The van der Waals surface area contributed by atoms with Gasteiger partial charge in [0.05, 0.1) is 5.52 Å². The molecule has 0 spiro atoms. The summed E-state index contributed by atoms with van der Waals surface area (Å²) >= 11 is 1.57. The first kappa shape index (κ1) is 8.24. The molecule has 0 saturated heterocycles. The van der Waals surface area contributed by atoms with Gasteiger partial charge in [0.25, 0.3) is 0 Å². The average Bonchev–Trinajstić information content (AvgIpc) is 2.77. The van der Waals surface area contributed by atoms with Crippen LogP contribution in [-0.4, -0.2) is 9.91 Å². The summed E-state index contributed by atoms with van der Waals surface area (Å²) in [4.78, 5) is 0. The van der Waals surface area contributed by atoms with Crippen molar-refractivity contribution in [1.82, 2.24) is 4.37 Å². The number of fused-ring (bicyclic) bond motifs is 1. The molecule has 3 heteroatoms. The zero-order valence-corrected chi connectivity index (χ0v) is 8.90. The first-order chi connectivity index (χ1) is 6.77. The van der Waals surface area contributed by atoms with Gasteiger partial charge in [-0.2, -0.15) is 4.37 Å². The maximum atomic E-state index is 4.41. The Morgan fingerprint density at radius 1 is 1.36 bits per heavy atom. The van der Waals surface area contributed by atoms with E-state index in [1.165, 1.54) is 23.2 Å². The molecule has 1 aromatic heterocycles. The fraction of sp³-hybridized carbons (Fsp3) is 0.364. The standard InChI is InChI=1S/C11H12N2S/c1-11(6-7-11)12-10-8-4-2-3-5-9(8)13-14-10/h2-5,12H,6-7H2,1H3. The lowest BCUT2D eigenvalue weighted by Gasteiger charge is -2.10. The van der Waals surface area contributed by atoms with Crippen molar-refractivity contribution in [3.05, 3.63) is 24.3 Å². The number of nitrogens with one attached hydrogen (secondary N) is 1. The fourth-order valence-electron chi connectivity index (χ4n) is 1.57. The third-order valence-electron chi connectivity index (χ3n) is 2.80. The predicted molar refractivity (Wildman–Crippen MR) is 60.9 cm³/mol. The van der Waals surface area contributed by atoms with E-state index in [9.17, 15) is 0 Å². The highest BCUT2D eigenvalue weighted by atomic mass is 32.1. The second-order valence-electron chi connectivity index (χ2n) is 4.21. The third kappa shape index (κ3) is 1.28. The molecule has 14 heavy (non-hydrogen) atoms. The van der Waals surface area contributed by atoms with Crippen LogP contribution in [0.3, 0.4) is 0 Å². The molecule has 72 valence electrons. The Kier molecular flexibility index (Phi) is 1.59. The first-order valence-corrected chi connectivity index (χ1v) is 5.67. The summed E-state index contributed by atoms with van der Waals surface area (Å²) in [5, 5.41) is 6.05. The largest absolute Gasteiger partial charge is 0.370 e. The van der Waals surface area contributed by atoms with E-state index in [0.717, 1.165) is 5.52 Å². The molecular weight excluding hydrogens is 192 g/mol. The molecular formula is C11H12N2S. The number of nitrogens with zero attached hydrogens (tertiary/aromatic N) is 1. The molecule has 2 nitrogen and oxygen atoms in total. The Morgan fingerprint density at radius 2 is 2.14 bits per heavy atom. The van der Waals surface area contributed by atoms with Gasteiger partial charge >= 0.3 is 0 Å². The van der Waals surface area contributed by atoms with Crippen molar-refractivity contribution in [3.8, 4) is 0 Å². The number of hydrogen-bond acceptors (Lipinski definition) is 3. The summed E-state index contributed by atoms with van der Waals surface area (Å²) in [5.74, 6) is 0. The monoisotopic (exact) mass is 204 g/mol. The molecule has 1 N–H and O–H groups in total. The normalized spacial score (nSPS) is 18.4. The molecule has 0 aliphatic heterocycles. The van der Waals surface area contributed by atoms with Crippen molar-refractivity contribution >= 4 is 27.4 Å². The summed E-state index contributed by atoms with van der Waals surface area (Å²) in [6, 6.07) is 8.29. The Bertz CT molecular complexity index is 471. The second kappa shape index (κ2) is 2.70. The van der Waals surface area contributed by atoms with Gasteiger partial charge in [0, 0.05) is 10.9 Å². The van der Waals surface area contributed by atoms with Crippen LogP contribution in [0.1, 0.15) is 19.8 Å². The van der Waals surface area contributed by atoms with E-state index in [1.54, 1.807) is 11.5 Å². The van der Waals surface area contributed by atoms with Crippen LogP contribution in [0.15, 0.2) is 24.3 Å². The zero-order chi connectivity index (χ0) is 9.60. The molecule has 1 heterocycles. The van der Waals surface area contributed by atoms with Crippen LogP contribution in [-0.2, 0) is 0 Å². The van der Waals surface area contributed by atoms with Crippen LogP contribution in [0.5, 0.6) is 0 Å². The van der Waals surface area contributed by atoms with Gasteiger partial charge in [0.2, 0.25) is 0 Å². The number of aromatic nitrogens is 1. The molecule has 1 saturated carbocycles. The van der Waals surface area contributed by atoms with Gasteiger partial charge in [-0.15, -0.1) is 0 Å². The lowest BCUT2D eigenvalue weighted by molar-refractivity contribution is 0.835. The molecule has 0 unspecified atom stereocenters. The van der Waals surface area contributed by atoms with Crippen LogP contribution in [0.25, 0.3) is 10.9 Å². The van der Waals surface area contributed by atoms with Crippen LogP contribution < -0.4 is 5.32 Å². The Labute approximate surface area is 87.1 Å². The molecule has 0 radical (unpaired) electrons. The Balaban J connectivity index is 2.04.